The summed E-state index contributed by atoms with van der Waals surface area (Å²) in [7, 11) is 0. The fourth-order valence-corrected chi connectivity index (χ4v) is 7.13. The van der Waals surface area contributed by atoms with Crippen LogP contribution in [0.15, 0.2) is 91.0 Å². The van der Waals surface area contributed by atoms with Gasteiger partial charge in [0.15, 0.2) is 0 Å². The SMILES string of the molecule is O=C(Nc1cccc2ccccc12)c1ccc(CN2CC[C@H](C(=O)NCCCCNc3c4c(nc5ccccc35)CCCC4)C2)cc1. The Balaban J connectivity index is 0.838. The van der Waals surface area contributed by atoms with Crippen molar-refractivity contribution < 1.29 is 9.59 Å². The number of benzene rings is 4. The Kier molecular flexibility index (Phi) is 9.43. The first-order valence-corrected chi connectivity index (χ1v) is 17.1. The van der Waals surface area contributed by atoms with Crippen molar-refractivity contribution in [1.82, 2.24) is 15.2 Å². The average Bonchev–Trinajstić information content (AvgIpc) is 3.58. The molecule has 0 saturated carbocycles. The molecule has 2 amide bonds. The number of carbonyl (C=O) groups excluding carboxylic acids is 2. The quantitative estimate of drug-likeness (QED) is 0.134. The van der Waals surface area contributed by atoms with E-state index in [0.717, 1.165) is 85.8 Å². The van der Waals surface area contributed by atoms with Crippen LogP contribution in [-0.2, 0) is 24.2 Å². The summed E-state index contributed by atoms with van der Waals surface area (Å²) in [5.41, 5.74) is 7.57. The normalized spacial score (nSPS) is 16.2. The zero-order chi connectivity index (χ0) is 32.0. The molecule has 0 unspecified atom stereocenters. The van der Waals surface area contributed by atoms with Crippen molar-refractivity contribution in [2.24, 2.45) is 5.92 Å². The number of pyridine rings is 1. The summed E-state index contributed by atoms with van der Waals surface area (Å²) in [6.45, 7) is 4.02. The maximum Gasteiger partial charge on any atom is 0.255 e. The van der Waals surface area contributed by atoms with Crippen LogP contribution in [0.25, 0.3) is 21.7 Å². The van der Waals surface area contributed by atoms with Gasteiger partial charge < -0.3 is 16.0 Å². The van der Waals surface area contributed by atoms with Crippen molar-refractivity contribution in [3.8, 4) is 0 Å². The molecule has 4 aromatic carbocycles. The number of nitrogens with zero attached hydrogens (tertiary/aromatic N) is 2. The monoisotopic (exact) mass is 625 g/mol. The molecule has 2 aliphatic rings. The molecule has 5 aromatic rings. The number of likely N-dealkylation sites (tertiary alicyclic amines) is 1. The highest BCUT2D eigenvalue weighted by Crippen LogP contribution is 2.33. The predicted octanol–water partition coefficient (Wildman–Crippen LogP) is 7.35. The number of aryl methyl sites for hydroxylation is 1. The Morgan fingerprint density at radius 1 is 0.809 bits per heavy atom. The van der Waals surface area contributed by atoms with E-state index in [9.17, 15) is 9.59 Å². The van der Waals surface area contributed by atoms with Gasteiger partial charge in [-0.1, -0.05) is 66.7 Å². The molecule has 3 N–H and O–H groups in total. The summed E-state index contributed by atoms with van der Waals surface area (Å²) in [6.07, 6.45) is 7.43. The van der Waals surface area contributed by atoms with E-state index in [4.69, 9.17) is 4.98 Å². The maximum atomic E-state index is 13.0. The van der Waals surface area contributed by atoms with Crippen LogP contribution in [-0.4, -0.2) is 47.9 Å². The van der Waals surface area contributed by atoms with Crippen LogP contribution >= 0.6 is 0 Å². The Hall–Kier alpha value is -4.75. The van der Waals surface area contributed by atoms with Gasteiger partial charge in [-0.25, -0.2) is 0 Å². The Labute approximate surface area is 276 Å². The Bertz CT molecular complexity index is 1880. The van der Waals surface area contributed by atoms with Crippen molar-refractivity contribution in [1.29, 1.82) is 0 Å². The summed E-state index contributed by atoms with van der Waals surface area (Å²) >= 11 is 0. The predicted molar refractivity (Wildman–Crippen MR) is 191 cm³/mol. The maximum absolute atomic E-state index is 13.0. The lowest BCUT2D eigenvalue weighted by Gasteiger charge is -2.21. The highest BCUT2D eigenvalue weighted by molar-refractivity contribution is 6.09. The molecule has 240 valence electrons. The molecule has 0 radical (unpaired) electrons. The molecule has 1 atom stereocenters. The van der Waals surface area contributed by atoms with Crippen LogP contribution in [0.4, 0.5) is 11.4 Å². The summed E-state index contributed by atoms with van der Waals surface area (Å²) in [6, 6.07) is 30.2. The van der Waals surface area contributed by atoms with E-state index >= 15 is 0 Å². The number of nitrogens with one attached hydrogen (secondary N) is 3. The van der Waals surface area contributed by atoms with Gasteiger partial charge in [-0.05, 0) is 92.3 Å². The minimum atomic E-state index is -0.119. The van der Waals surface area contributed by atoms with Gasteiger partial charge in [0.1, 0.15) is 0 Å². The van der Waals surface area contributed by atoms with E-state index < -0.39 is 0 Å². The Morgan fingerprint density at radius 2 is 1.57 bits per heavy atom. The molecule has 47 heavy (non-hydrogen) atoms. The minimum Gasteiger partial charge on any atom is -0.384 e. The standard InChI is InChI=1S/C40H43N5O2/c46-39(42-24-8-7-23-41-38-33-13-3-5-15-36(33)43-37-16-6-4-14-34(37)38)31-22-25-45(27-31)26-28-18-20-30(21-19-28)40(47)44-35-17-9-11-29-10-1-2-12-32(29)35/h1-3,5,9-13,15,17-21,31H,4,6-8,14,16,22-27H2,(H,41,43)(H,42,46)(H,44,47)/t31-/m0/s1. The van der Waals surface area contributed by atoms with E-state index in [2.05, 4.69) is 45.1 Å². The lowest BCUT2D eigenvalue weighted by Crippen LogP contribution is -2.33. The lowest BCUT2D eigenvalue weighted by molar-refractivity contribution is -0.124. The van der Waals surface area contributed by atoms with Gasteiger partial charge in [-0.2, -0.15) is 0 Å². The number of amides is 2. The number of hydrogen-bond acceptors (Lipinski definition) is 5. The second kappa shape index (κ2) is 14.3. The number of hydrogen-bond donors (Lipinski definition) is 3. The first kappa shape index (κ1) is 30.9. The third-order valence-electron chi connectivity index (χ3n) is 9.68. The van der Waals surface area contributed by atoms with Crippen LogP contribution < -0.4 is 16.0 Å². The number of fused-ring (bicyclic) bond motifs is 3. The third-order valence-corrected chi connectivity index (χ3v) is 9.68. The molecule has 0 spiro atoms. The van der Waals surface area contributed by atoms with Gasteiger partial charge in [0.25, 0.3) is 5.91 Å². The molecule has 1 aliphatic heterocycles. The summed E-state index contributed by atoms with van der Waals surface area (Å²) < 4.78 is 0. The molecule has 1 saturated heterocycles. The fraction of sp³-hybridized carbons (Fsp3) is 0.325. The first-order chi connectivity index (χ1) is 23.1. The van der Waals surface area contributed by atoms with Crippen molar-refractivity contribution in [2.45, 2.75) is 51.5 Å². The van der Waals surface area contributed by atoms with Crippen LogP contribution in [0.2, 0.25) is 0 Å². The summed E-state index contributed by atoms with van der Waals surface area (Å²) in [5.74, 6) is 0.0649. The number of aromatic nitrogens is 1. The highest BCUT2D eigenvalue weighted by Gasteiger charge is 2.28. The molecule has 0 bridgehead atoms. The summed E-state index contributed by atoms with van der Waals surface area (Å²) in [5, 5.41) is 13.3. The van der Waals surface area contributed by atoms with Crippen LogP contribution in [0.1, 0.15) is 59.3 Å². The lowest BCUT2D eigenvalue weighted by atomic mass is 9.92. The summed E-state index contributed by atoms with van der Waals surface area (Å²) in [4.78, 5) is 33.2. The molecule has 7 rings (SSSR count). The van der Waals surface area contributed by atoms with Crippen LogP contribution in [0.3, 0.4) is 0 Å². The van der Waals surface area contributed by atoms with Gasteiger partial charge >= 0.3 is 0 Å². The zero-order valence-corrected chi connectivity index (χ0v) is 26.9. The molecular formula is C40H43N5O2. The number of rotatable bonds is 11. The van der Waals surface area contributed by atoms with E-state index in [1.807, 2.05) is 66.7 Å². The fourth-order valence-electron chi connectivity index (χ4n) is 7.13. The van der Waals surface area contributed by atoms with E-state index in [-0.39, 0.29) is 17.7 Å². The number of unbranched alkanes of at least 4 members (excludes halogenated alkanes) is 1. The number of para-hydroxylation sites is 1. The molecular weight excluding hydrogens is 582 g/mol. The van der Waals surface area contributed by atoms with Gasteiger partial charge in [0.05, 0.1) is 11.4 Å². The van der Waals surface area contributed by atoms with Crippen molar-refractivity contribution in [2.75, 3.05) is 36.8 Å². The number of carbonyl (C=O) groups is 2. The molecule has 1 fully saturated rings. The molecule has 7 nitrogen and oxygen atoms in total. The van der Waals surface area contributed by atoms with E-state index in [1.165, 1.54) is 35.2 Å². The van der Waals surface area contributed by atoms with Gasteiger partial charge in [0, 0.05) is 59.6 Å². The molecule has 1 aromatic heterocycles. The average molecular weight is 626 g/mol. The topological polar surface area (TPSA) is 86.4 Å². The molecule has 2 heterocycles. The van der Waals surface area contributed by atoms with Crippen molar-refractivity contribution >= 4 is 44.9 Å². The van der Waals surface area contributed by atoms with Crippen molar-refractivity contribution in [3.05, 3.63) is 113 Å². The first-order valence-electron chi connectivity index (χ1n) is 17.1. The van der Waals surface area contributed by atoms with Crippen LogP contribution in [0, 0.1) is 5.92 Å². The van der Waals surface area contributed by atoms with Gasteiger partial charge in [-0.15, -0.1) is 0 Å². The largest absolute Gasteiger partial charge is 0.384 e. The molecule has 7 heteroatoms. The highest BCUT2D eigenvalue weighted by atomic mass is 16.2. The van der Waals surface area contributed by atoms with Gasteiger partial charge in [-0.3, -0.25) is 19.5 Å². The Morgan fingerprint density at radius 3 is 2.47 bits per heavy atom. The van der Waals surface area contributed by atoms with Crippen molar-refractivity contribution in [3.63, 3.8) is 0 Å². The van der Waals surface area contributed by atoms with Gasteiger partial charge in [0.2, 0.25) is 5.91 Å². The molecule has 1 aliphatic carbocycles. The number of anilines is 2. The zero-order valence-electron chi connectivity index (χ0n) is 26.9. The third kappa shape index (κ3) is 7.15. The second-order valence-corrected chi connectivity index (χ2v) is 13.0. The minimum absolute atomic E-state index is 0.0218. The van der Waals surface area contributed by atoms with Crippen LogP contribution in [0.5, 0.6) is 0 Å². The van der Waals surface area contributed by atoms with E-state index in [0.29, 0.717) is 12.1 Å². The smallest absolute Gasteiger partial charge is 0.255 e. The second-order valence-electron chi connectivity index (χ2n) is 13.0. The van der Waals surface area contributed by atoms with E-state index in [1.54, 1.807) is 0 Å².